The molecule has 5 nitrogen and oxygen atoms in total. The van der Waals surface area contributed by atoms with Gasteiger partial charge in [-0.25, -0.2) is 4.79 Å². The van der Waals surface area contributed by atoms with Crippen LogP contribution in [-0.2, 0) is 0 Å². The van der Waals surface area contributed by atoms with Gasteiger partial charge in [0.15, 0.2) is 11.5 Å². The zero-order valence-electron chi connectivity index (χ0n) is 9.80. The van der Waals surface area contributed by atoms with E-state index in [0.29, 0.717) is 0 Å². The van der Waals surface area contributed by atoms with Gasteiger partial charge in [0.2, 0.25) is 5.75 Å². The first kappa shape index (κ1) is 13.2. The van der Waals surface area contributed by atoms with Crippen LogP contribution in [0.15, 0.2) is 12.1 Å². The second-order valence-corrected chi connectivity index (χ2v) is 3.86. The Bertz CT molecular complexity index is 414. The van der Waals surface area contributed by atoms with Crippen LogP contribution in [0.3, 0.4) is 0 Å². The molecule has 0 radical (unpaired) electrons. The first-order valence-electron chi connectivity index (χ1n) is 5.41. The van der Waals surface area contributed by atoms with Crippen molar-refractivity contribution in [2.24, 2.45) is 0 Å². The predicted octanol–water partition coefficient (Wildman–Crippen LogP) is 2.36. The SMILES string of the molecule is CCCC(C)Oc1cc(C(=O)O)cc(O)c1O. The molecule has 0 aromatic heterocycles. The molecule has 0 aliphatic carbocycles. The van der Waals surface area contributed by atoms with Gasteiger partial charge in [-0.1, -0.05) is 13.3 Å². The summed E-state index contributed by atoms with van der Waals surface area (Å²) in [5.74, 6) is -2.13. The van der Waals surface area contributed by atoms with Crippen LogP contribution in [0.2, 0.25) is 0 Å². The molecule has 3 N–H and O–H groups in total. The van der Waals surface area contributed by atoms with Gasteiger partial charge in [-0.2, -0.15) is 0 Å². The summed E-state index contributed by atoms with van der Waals surface area (Å²) in [6.07, 6.45) is 1.53. The van der Waals surface area contributed by atoms with Crippen molar-refractivity contribution in [3.63, 3.8) is 0 Å². The maximum absolute atomic E-state index is 10.8. The minimum absolute atomic E-state index is 0.0108. The lowest BCUT2D eigenvalue weighted by atomic mass is 10.1. The highest BCUT2D eigenvalue weighted by atomic mass is 16.5. The second-order valence-electron chi connectivity index (χ2n) is 3.86. The fourth-order valence-corrected chi connectivity index (χ4v) is 1.49. The number of carboxylic acid groups (broad SMARTS) is 1. The number of phenolic OH excluding ortho intramolecular Hbond substituents is 2. The number of hydrogen-bond donors (Lipinski definition) is 3. The minimum Gasteiger partial charge on any atom is -0.504 e. The molecule has 0 saturated heterocycles. The van der Waals surface area contributed by atoms with Crippen molar-refractivity contribution in [2.75, 3.05) is 0 Å². The Balaban J connectivity index is 3.01. The van der Waals surface area contributed by atoms with Gasteiger partial charge >= 0.3 is 5.97 Å². The number of carbonyl (C=O) groups is 1. The molecule has 0 heterocycles. The normalized spacial score (nSPS) is 12.1. The zero-order valence-corrected chi connectivity index (χ0v) is 9.80. The van der Waals surface area contributed by atoms with Gasteiger partial charge < -0.3 is 20.1 Å². The summed E-state index contributed by atoms with van der Waals surface area (Å²) in [6.45, 7) is 3.80. The Labute approximate surface area is 99.3 Å². The molecule has 5 heteroatoms. The average molecular weight is 240 g/mol. The lowest BCUT2D eigenvalue weighted by Crippen LogP contribution is -2.11. The van der Waals surface area contributed by atoms with E-state index >= 15 is 0 Å². The van der Waals surface area contributed by atoms with E-state index < -0.39 is 17.5 Å². The number of aromatic carboxylic acids is 1. The number of phenols is 2. The number of rotatable bonds is 5. The monoisotopic (exact) mass is 240 g/mol. The van der Waals surface area contributed by atoms with Crippen molar-refractivity contribution in [2.45, 2.75) is 32.8 Å². The van der Waals surface area contributed by atoms with Crippen LogP contribution in [0.4, 0.5) is 0 Å². The van der Waals surface area contributed by atoms with Crippen molar-refractivity contribution in [1.82, 2.24) is 0 Å². The van der Waals surface area contributed by atoms with E-state index in [2.05, 4.69) is 0 Å². The topological polar surface area (TPSA) is 87.0 Å². The lowest BCUT2D eigenvalue weighted by molar-refractivity contribution is 0.0695. The predicted molar refractivity (Wildman–Crippen MR) is 61.7 cm³/mol. The molecule has 0 aliphatic rings. The van der Waals surface area contributed by atoms with E-state index in [-0.39, 0.29) is 17.4 Å². The molecule has 0 aliphatic heterocycles. The second kappa shape index (κ2) is 5.43. The van der Waals surface area contributed by atoms with Gasteiger partial charge in [-0.05, 0) is 25.5 Å². The van der Waals surface area contributed by atoms with Gasteiger partial charge in [-0.15, -0.1) is 0 Å². The molecule has 0 bridgehead atoms. The Hall–Kier alpha value is -1.91. The highest BCUT2D eigenvalue weighted by molar-refractivity contribution is 5.89. The Morgan fingerprint density at radius 1 is 1.41 bits per heavy atom. The van der Waals surface area contributed by atoms with Crippen molar-refractivity contribution in [3.8, 4) is 17.2 Å². The van der Waals surface area contributed by atoms with Gasteiger partial charge in [0.1, 0.15) is 0 Å². The Morgan fingerprint density at radius 3 is 2.59 bits per heavy atom. The summed E-state index contributed by atoms with van der Waals surface area (Å²) in [6, 6.07) is 2.18. The van der Waals surface area contributed by atoms with Crippen molar-refractivity contribution < 1.29 is 24.9 Å². The van der Waals surface area contributed by atoms with Gasteiger partial charge in [0, 0.05) is 0 Å². The number of ether oxygens (including phenoxy) is 1. The van der Waals surface area contributed by atoms with E-state index in [1.54, 1.807) is 0 Å². The van der Waals surface area contributed by atoms with E-state index in [9.17, 15) is 15.0 Å². The minimum atomic E-state index is -1.19. The van der Waals surface area contributed by atoms with E-state index in [0.717, 1.165) is 18.9 Å². The van der Waals surface area contributed by atoms with Crippen molar-refractivity contribution >= 4 is 5.97 Å². The molecule has 0 fully saturated rings. The third kappa shape index (κ3) is 3.27. The van der Waals surface area contributed by atoms with Crippen LogP contribution in [0, 0.1) is 0 Å². The van der Waals surface area contributed by atoms with Crippen LogP contribution >= 0.6 is 0 Å². The fraction of sp³-hybridized carbons (Fsp3) is 0.417. The molecular formula is C12H16O5. The molecule has 0 spiro atoms. The summed E-state index contributed by atoms with van der Waals surface area (Å²) in [5.41, 5.74) is -0.126. The van der Waals surface area contributed by atoms with Crippen molar-refractivity contribution in [1.29, 1.82) is 0 Å². The highest BCUT2D eigenvalue weighted by Crippen LogP contribution is 2.37. The van der Waals surface area contributed by atoms with E-state index in [1.165, 1.54) is 6.07 Å². The summed E-state index contributed by atoms with van der Waals surface area (Å²) < 4.78 is 5.38. The van der Waals surface area contributed by atoms with Crippen LogP contribution in [0.25, 0.3) is 0 Å². The number of carboxylic acids is 1. The summed E-state index contributed by atoms with van der Waals surface area (Å²) in [7, 11) is 0. The number of benzene rings is 1. The largest absolute Gasteiger partial charge is 0.504 e. The van der Waals surface area contributed by atoms with Crippen LogP contribution in [0.5, 0.6) is 17.2 Å². The maximum Gasteiger partial charge on any atom is 0.335 e. The Kier molecular flexibility index (Phi) is 4.20. The maximum atomic E-state index is 10.8. The zero-order chi connectivity index (χ0) is 13.0. The van der Waals surface area contributed by atoms with Crippen LogP contribution < -0.4 is 4.74 Å². The van der Waals surface area contributed by atoms with E-state index in [1.807, 2.05) is 13.8 Å². The van der Waals surface area contributed by atoms with Gasteiger partial charge in [0.05, 0.1) is 11.7 Å². The van der Waals surface area contributed by atoms with Crippen molar-refractivity contribution in [3.05, 3.63) is 17.7 Å². The summed E-state index contributed by atoms with van der Waals surface area (Å²) in [4.78, 5) is 10.8. The lowest BCUT2D eigenvalue weighted by Gasteiger charge is -2.15. The van der Waals surface area contributed by atoms with Crippen LogP contribution in [-0.4, -0.2) is 27.4 Å². The average Bonchev–Trinajstić information content (AvgIpc) is 2.24. The molecule has 1 rings (SSSR count). The standard InChI is InChI=1S/C12H16O5/c1-3-4-7(2)17-10-6-8(12(15)16)5-9(13)11(10)14/h5-7,13-14H,3-4H2,1-2H3,(H,15,16). The number of hydrogen-bond acceptors (Lipinski definition) is 4. The summed E-state index contributed by atoms with van der Waals surface area (Å²) in [5, 5.41) is 27.7. The quantitative estimate of drug-likeness (QED) is 0.688. The first-order valence-corrected chi connectivity index (χ1v) is 5.41. The molecule has 94 valence electrons. The smallest absolute Gasteiger partial charge is 0.335 e. The molecule has 1 atom stereocenters. The summed E-state index contributed by atoms with van der Waals surface area (Å²) >= 11 is 0. The highest BCUT2D eigenvalue weighted by Gasteiger charge is 2.16. The van der Waals surface area contributed by atoms with E-state index in [4.69, 9.17) is 9.84 Å². The first-order chi connectivity index (χ1) is 7.95. The molecule has 17 heavy (non-hydrogen) atoms. The van der Waals surface area contributed by atoms with Gasteiger partial charge in [-0.3, -0.25) is 0 Å². The molecular weight excluding hydrogens is 224 g/mol. The third-order valence-electron chi connectivity index (χ3n) is 2.33. The molecule has 1 aromatic rings. The third-order valence-corrected chi connectivity index (χ3v) is 2.33. The molecule has 0 amide bonds. The van der Waals surface area contributed by atoms with Gasteiger partial charge in [0.25, 0.3) is 0 Å². The molecule has 0 saturated carbocycles. The Morgan fingerprint density at radius 2 is 2.06 bits per heavy atom. The number of aromatic hydroxyl groups is 2. The molecule has 1 unspecified atom stereocenters. The van der Waals surface area contributed by atoms with Crippen LogP contribution in [0.1, 0.15) is 37.0 Å². The molecule has 1 aromatic carbocycles. The fourth-order valence-electron chi connectivity index (χ4n) is 1.49.